The Labute approximate surface area is 105 Å². The van der Waals surface area contributed by atoms with E-state index in [4.69, 9.17) is 10.2 Å². The summed E-state index contributed by atoms with van der Waals surface area (Å²) < 4.78 is 13.6. The Morgan fingerprint density at radius 2 is 2.11 bits per heavy atom. The second kappa shape index (κ2) is 5.82. The van der Waals surface area contributed by atoms with Gasteiger partial charge in [-0.1, -0.05) is 19.9 Å². The first-order chi connectivity index (χ1) is 8.37. The quantitative estimate of drug-likeness (QED) is 0.729. The number of aliphatic hydroxyl groups excluding tert-OH is 1. The summed E-state index contributed by atoms with van der Waals surface area (Å²) in [4.78, 5) is 11.0. The topological polar surface area (TPSA) is 69.6 Å². The monoisotopic (exact) mass is 255 g/mol. The summed E-state index contributed by atoms with van der Waals surface area (Å²) in [5.74, 6) is -1.76. The molecule has 0 aliphatic rings. The maximum Gasteiger partial charge on any atom is 0.337 e. The maximum absolute atomic E-state index is 13.6. The number of carbonyl (C=O) groups is 1. The Hall–Kier alpha value is -1.62. The molecule has 1 aromatic rings. The van der Waals surface area contributed by atoms with Crippen LogP contribution in [0.1, 0.15) is 30.6 Å². The molecule has 0 aliphatic carbocycles. The Kier molecular flexibility index (Phi) is 4.67. The molecule has 0 saturated heterocycles. The van der Waals surface area contributed by atoms with E-state index in [1.807, 2.05) is 13.8 Å². The third kappa shape index (κ3) is 3.70. The molecule has 3 N–H and O–H groups in total. The minimum atomic E-state index is -1.17. The molecule has 0 unspecified atom stereocenters. The molecule has 1 rings (SSSR count). The third-order valence-electron chi connectivity index (χ3n) is 2.78. The highest BCUT2D eigenvalue weighted by Gasteiger charge is 2.20. The Morgan fingerprint density at radius 1 is 1.44 bits per heavy atom. The zero-order valence-corrected chi connectivity index (χ0v) is 10.5. The van der Waals surface area contributed by atoms with Crippen molar-refractivity contribution in [3.63, 3.8) is 0 Å². The van der Waals surface area contributed by atoms with Crippen molar-refractivity contribution in [1.29, 1.82) is 0 Å². The molecule has 0 saturated carbocycles. The highest BCUT2D eigenvalue weighted by atomic mass is 19.1. The summed E-state index contributed by atoms with van der Waals surface area (Å²) in [6.45, 7) is 4.25. The first-order valence-electron chi connectivity index (χ1n) is 5.74. The summed E-state index contributed by atoms with van der Waals surface area (Å²) in [7, 11) is 0. The minimum absolute atomic E-state index is 0.00369. The van der Waals surface area contributed by atoms with E-state index >= 15 is 0 Å². The van der Waals surface area contributed by atoms with Gasteiger partial charge in [0.2, 0.25) is 0 Å². The van der Waals surface area contributed by atoms with Crippen molar-refractivity contribution in [2.75, 3.05) is 18.5 Å². The molecule has 1 aromatic carbocycles. The molecule has 0 fully saturated rings. The van der Waals surface area contributed by atoms with Crippen LogP contribution in [0.4, 0.5) is 10.1 Å². The fourth-order valence-corrected chi connectivity index (χ4v) is 1.60. The van der Waals surface area contributed by atoms with Gasteiger partial charge in [-0.15, -0.1) is 0 Å². The SMILES string of the molecule is CC(C)(CCO)CNc1c(F)cccc1C(=O)O. The van der Waals surface area contributed by atoms with Crippen LogP contribution in [0.5, 0.6) is 0 Å². The zero-order chi connectivity index (χ0) is 13.8. The second-order valence-corrected chi connectivity index (χ2v) is 4.96. The van der Waals surface area contributed by atoms with E-state index in [2.05, 4.69) is 5.32 Å². The lowest BCUT2D eigenvalue weighted by molar-refractivity contribution is 0.0697. The van der Waals surface area contributed by atoms with Crippen LogP contribution >= 0.6 is 0 Å². The lowest BCUT2D eigenvalue weighted by Crippen LogP contribution is -2.25. The van der Waals surface area contributed by atoms with Gasteiger partial charge in [-0.05, 0) is 24.0 Å². The molecule has 0 aromatic heterocycles. The fourth-order valence-electron chi connectivity index (χ4n) is 1.60. The number of para-hydroxylation sites is 1. The highest BCUT2D eigenvalue weighted by molar-refractivity contribution is 5.94. The highest BCUT2D eigenvalue weighted by Crippen LogP contribution is 2.24. The van der Waals surface area contributed by atoms with Crippen LogP contribution in [0.15, 0.2) is 18.2 Å². The van der Waals surface area contributed by atoms with Gasteiger partial charge in [0.25, 0.3) is 0 Å². The van der Waals surface area contributed by atoms with Crippen molar-refractivity contribution in [2.24, 2.45) is 5.41 Å². The molecule has 0 heterocycles. The molecule has 0 aliphatic heterocycles. The van der Waals surface area contributed by atoms with Crippen molar-refractivity contribution >= 4 is 11.7 Å². The summed E-state index contributed by atoms with van der Waals surface area (Å²) in [5.41, 5.74) is -0.335. The average Bonchev–Trinajstić information content (AvgIpc) is 2.26. The lowest BCUT2D eigenvalue weighted by atomic mass is 9.89. The molecule has 0 amide bonds. The van der Waals surface area contributed by atoms with Crippen LogP contribution < -0.4 is 5.32 Å². The van der Waals surface area contributed by atoms with Gasteiger partial charge in [0, 0.05) is 13.2 Å². The van der Waals surface area contributed by atoms with Gasteiger partial charge in [-0.25, -0.2) is 9.18 Å². The third-order valence-corrected chi connectivity index (χ3v) is 2.78. The molecular formula is C13H18FNO3. The summed E-state index contributed by atoms with van der Waals surface area (Å²) in [5, 5.41) is 20.7. The Morgan fingerprint density at radius 3 is 2.67 bits per heavy atom. The molecule has 0 spiro atoms. The van der Waals surface area contributed by atoms with Gasteiger partial charge in [-0.2, -0.15) is 0 Å². The first kappa shape index (κ1) is 14.4. The molecular weight excluding hydrogens is 237 g/mol. The number of aliphatic hydroxyl groups is 1. The van der Waals surface area contributed by atoms with Gasteiger partial charge in [0.15, 0.2) is 0 Å². The standard InChI is InChI=1S/C13H18FNO3/c1-13(2,6-7-16)8-15-11-9(12(17)18)4-3-5-10(11)14/h3-5,15-16H,6-8H2,1-2H3,(H,17,18). The Balaban J connectivity index is 2.87. The van der Waals surface area contributed by atoms with Crippen molar-refractivity contribution < 1.29 is 19.4 Å². The largest absolute Gasteiger partial charge is 0.478 e. The smallest absolute Gasteiger partial charge is 0.337 e. The predicted molar refractivity (Wildman–Crippen MR) is 67.3 cm³/mol. The summed E-state index contributed by atoms with van der Waals surface area (Å²) >= 11 is 0. The summed E-state index contributed by atoms with van der Waals surface area (Å²) in [6, 6.07) is 3.93. The number of carboxylic acid groups (broad SMARTS) is 1. The minimum Gasteiger partial charge on any atom is -0.478 e. The number of halogens is 1. The molecule has 5 heteroatoms. The fraction of sp³-hybridized carbons (Fsp3) is 0.462. The normalized spacial score (nSPS) is 11.3. The van der Waals surface area contributed by atoms with Gasteiger partial charge in [-0.3, -0.25) is 0 Å². The second-order valence-electron chi connectivity index (χ2n) is 4.96. The number of anilines is 1. The van der Waals surface area contributed by atoms with E-state index in [0.717, 1.165) is 0 Å². The van der Waals surface area contributed by atoms with E-state index in [1.54, 1.807) is 0 Å². The van der Waals surface area contributed by atoms with Gasteiger partial charge < -0.3 is 15.5 Å². The number of benzene rings is 1. The Bertz CT molecular complexity index is 432. The van der Waals surface area contributed by atoms with Crippen LogP contribution in [0.25, 0.3) is 0 Å². The molecule has 4 nitrogen and oxygen atoms in total. The van der Waals surface area contributed by atoms with E-state index < -0.39 is 11.8 Å². The van der Waals surface area contributed by atoms with E-state index in [9.17, 15) is 9.18 Å². The molecule has 18 heavy (non-hydrogen) atoms. The number of nitrogens with one attached hydrogen (secondary N) is 1. The summed E-state index contributed by atoms with van der Waals surface area (Å²) in [6.07, 6.45) is 0.552. The van der Waals surface area contributed by atoms with Crippen molar-refractivity contribution in [1.82, 2.24) is 0 Å². The van der Waals surface area contributed by atoms with Crippen LogP contribution in [-0.4, -0.2) is 29.3 Å². The molecule has 0 bridgehead atoms. The van der Waals surface area contributed by atoms with E-state index in [-0.39, 0.29) is 23.3 Å². The van der Waals surface area contributed by atoms with E-state index in [1.165, 1.54) is 18.2 Å². The molecule has 100 valence electrons. The van der Waals surface area contributed by atoms with Crippen LogP contribution in [0.3, 0.4) is 0 Å². The van der Waals surface area contributed by atoms with Gasteiger partial charge >= 0.3 is 5.97 Å². The van der Waals surface area contributed by atoms with Crippen LogP contribution in [-0.2, 0) is 0 Å². The zero-order valence-electron chi connectivity index (χ0n) is 10.5. The van der Waals surface area contributed by atoms with Crippen molar-refractivity contribution in [2.45, 2.75) is 20.3 Å². The van der Waals surface area contributed by atoms with Gasteiger partial charge in [0.1, 0.15) is 5.82 Å². The average molecular weight is 255 g/mol. The van der Waals surface area contributed by atoms with Crippen molar-refractivity contribution in [3.8, 4) is 0 Å². The number of hydrogen-bond donors (Lipinski definition) is 3. The first-order valence-corrected chi connectivity index (χ1v) is 5.74. The predicted octanol–water partition coefficient (Wildman–Crippen LogP) is 2.34. The van der Waals surface area contributed by atoms with Crippen LogP contribution in [0, 0.1) is 11.2 Å². The van der Waals surface area contributed by atoms with E-state index in [0.29, 0.717) is 13.0 Å². The number of carboxylic acids is 1. The number of aromatic carboxylic acids is 1. The van der Waals surface area contributed by atoms with Crippen LogP contribution in [0.2, 0.25) is 0 Å². The molecule has 0 atom stereocenters. The lowest BCUT2D eigenvalue weighted by Gasteiger charge is -2.25. The molecule has 0 radical (unpaired) electrons. The number of rotatable bonds is 6. The van der Waals surface area contributed by atoms with Gasteiger partial charge in [0.05, 0.1) is 11.3 Å². The number of hydrogen-bond acceptors (Lipinski definition) is 3. The van der Waals surface area contributed by atoms with Crippen molar-refractivity contribution in [3.05, 3.63) is 29.6 Å². The maximum atomic E-state index is 13.6.